The molecule has 1 aromatic rings. The molecule has 0 aliphatic carbocycles. The molecule has 2 rings (SSSR count). The maximum atomic E-state index is 13.7. The fraction of sp³-hybridized carbons (Fsp3) is 0.333. The number of nitro groups is 1. The van der Waals surface area contributed by atoms with Gasteiger partial charge in [-0.1, -0.05) is 0 Å². The molecule has 0 spiro atoms. The van der Waals surface area contributed by atoms with E-state index in [0.29, 0.717) is 0 Å². The second-order valence-electron chi connectivity index (χ2n) is 4.62. The number of carboxylic acids is 1. The van der Waals surface area contributed by atoms with Crippen LogP contribution in [0, 0.1) is 15.9 Å². The smallest absolute Gasteiger partial charge is 0.326 e. The molecule has 1 heterocycles. The van der Waals surface area contributed by atoms with Crippen LogP contribution in [0.3, 0.4) is 0 Å². The van der Waals surface area contributed by atoms with E-state index < -0.39 is 46.0 Å². The number of non-ortho nitro benzene ring substituents is 1. The van der Waals surface area contributed by atoms with Gasteiger partial charge in [-0.25, -0.2) is 9.18 Å². The number of carbonyl (C=O) groups is 2. The number of rotatable bonds is 3. The molecule has 2 atom stereocenters. The Bertz CT molecular complexity index is 620. The zero-order valence-electron chi connectivity index (χ0n) is 10.6. The first-order valence-corrected chi connectivity index (χ1v) is 5.97. The van der Waals surface area contributed by atoms with Gasteiger partial charge in [0.1, 0.15) is 11.9 Å². The average Bonchev–Trinajstić information content (AvgIpc) is 2.80. The summed E-state index contributed by atoms with van der Waals surface area (Å²) < 4.78 is 13.7. The van der Waals surface area contributed by atoms with Gasteiger partial charge in [0.2, 0.25) is 0 Å². The number of β-amino-alcohol motifs (C(OH)–C–C–N with tert-alkyl or cyclic N) is 1. The van der Waals surface area contributed by atoms with Gasteiger partial charge in [-0.2, -0.15) is 0 Å². The Labute approximate surface area is 117 Å². The van der Waals surface area contributed by atoms with E-state index in [1.54, 1.807) is 0 Å². The maximum absolute atomic E-state index is 13.7. The summed E-state index contributed by atoms with van der Waals surface area (Å²) in [5, 5.41) is 29.1. The fourth-order valence-electron chi connectivity index (χ4n) is 2.22. The number of aliphatic hydroxyl groups excluding tert-OH is 1. The fourth-order valence-corrected chi connectivity index (χ4v) is 2.22. The minimum atomic E-state index is -1.33. The first-order chi connectivity index (χ1) is 9.81. The minimum absolute atomic E-state index is 0.169. The van der Waals surface area contributed by atoms with Crippen molar-refractivity contribution in [2.75, 3.05) is 6.54 Å². The van der Waals surface area contributed by atoms with E-state index in [4.69, 9.17) is 5.11 Å². The lowest BCUT2D eigenvalue weighted by Crippen LogP contribution is -2.41. The Morgan fingerprint density at radius 2 is 2.10 bits per heavy atom. The van der Waals surface area contributed by atoms with E-state index in [9.17, 15) is 29.2 Å². The van der Waals surface area contributed by atoms with Crippen LogP contribution >= 0.6 is 0 Å². The van der Waals surface area contributed by atoms with Gasteiger partial charge >= 0.3 is 5.97 Å². The van der Waals surface area contributed by atoms with Crippen molar-refractivity contribution in [2.24, 2.45) is 0 Å². The van der Waals surface area contributed by atoms with E-state index in [1.165, 1.54) is 0 Å². The van der Waals surface area contributed by atoms with Crippen LogP contribution in [0.2, 0.25) is 0 Å². The molecular formula is C12H11FN2O6. The summed E-state index contributed by atoms with van der Waals surface area (Å²) >= 11 is 0. The average molecular weight is 298 g/mol. The molecule has 1 saturated heterocycles. The van der Waals surface area contributed by atoms with Crippen molar-refractivity contribution in [3.8, 4) is 0 Å². The van der Waals surface area contributed by atoms with Crippen molar-refractivity contribution in [1.82, 2.24) is 4.90 Å². The lowest BCUT2D eigenvalue weighted by molar-refractivity contribution is -0.384. The summed E-state index contributed by atoms with van der Waals surface area (Å²) in [6.45, 7) is -0.266. The van der Waals surface area contributed by atoms with Crippen LogP contribution in [0.5, 0.6) is 0 Å². The Hall–Kier alpha value is -2.55. The molecule has 0 aromatic heterocycles. The molecule has 1 aliphatic heterocycles. The maximum Gasteiger partial charge on any atom is 0.326 e. The molecular weight excluding hydrogens is 287 g/mol. The number of nitro benzene ring substituents is 1. The van der Waals surface area contributed by atoms with Crippen molar-refractivity contribution >= 4 is 17.6 Å². The van der Waals surface area contributed by atoms with E-state index in [-0.39, 0.29) is 13.0 Å². The molecule has 1 fully saturated rings. The van der Waals surface area contributed by atoms with Gasteiger partial charge in [-0.05, 0) is 6.07 Å². The largest absolute Gasteiger partial charge is 0.480 e. The molecule has 0 radical (unpaired) electrons. The first-order valence-electron chi connectivity index (χ1n) is 5.97. The van der Waals surface area contributed by atoms with Gasteiger partial charge in [-0.15, -0.1) is 0 Å². The zero-order valence-corrected chi connectivity index (χ0v) is 10.6. The second-order valence-corrected chi connectivity index (χ2v) is 4.62. The number of hydrogen-bond acceptors (Lipinski definition) is 5. The van der Waals surface area contributed by atoms with Gasteiger partial charge in [0.15, 0.2) is 0 Å². The highest BCUT2D eigenvalue weighted by Crippen LogP contribution is 2.24. The molecule has 2 N–H and O–H groups in total. The van der Waals surface area contributed by atoms with Gasteiger partial charge in [0.05, 0.1) is 16.6 Å². The standard InChI is InChI=1S/C12H11FN2O6/c13-9-2-1-6(15(20)21)3-8(9)11(17)14-5-7(16)4-10(14)12(18)19/h1-3,7,10,16H,4-5H2,(H,18,19)/t7-,10-/m0/s1. The number of amides is 1. The number of halogens is 1. The third-order valence-corrected chi connectivity index (χ3v) is 3.22. The number of carboxylic acid groups (broad SMARTS) is 1. The van der Waals surface area contributed by atoms with Crippen LogP contribution in [-0.2, 0) is 4.79 Å². The quantitative estimate of drug-likeness (QED) is 0.615. The summed E-state index contributed by atoms with van der Waals surface area (Å²) in [6.07, 6.45) is -1.20. The van der Waals surface area contributed by atoms with Crippen LogP contribution in [0.25, 0.3) is 0 Å². The molecule has 1 aliphatic rings. The molecule has 0 saturated carbocycles. The molecule has 21 heavy (non-hydrogen) atoms. The van der Waals surface area contributed by atoms with Crippen LogP contribution in [-0.4, -0.2) is 50.6 Å². The predicted octanol–water partition coefficient (Wildman–Crippen LogP) is 0.394. The predicted molar refractivity (Wildman–Crippen MR) is 66.1 cm³/mol. The lowest BCUT2D eigenvalue weighted by atomic mass is 10.1. The summed E-state index contributed by atoms with van der Waals surface area (Å²) in [7, 11) is 0. The van der Waals surface area contributed by atoms with Gasteiger partial charge in [0.25, 0.3) is 11.6 Å². The molecule has 0 bridgehead atoms. The Morgan fingerprint density at radius 1 is 1.43 bits per heavy atom. The van der Waals surface area contributed by atoms with Gasteiger partial charge < -0.3 is 15.1 Å². The van der Waals surface area contributed by atoms with Crippen molar-refractivity contribution < 1.29 is 29.1 Å². The van der Waals surface area contributed by atoms with E-state index in [2.05, 4.69) is 0 Å². The molecule has 8 nitrogen and oxygen atoms in total. The first kappa shape index (κ1) is 14.9. The second kappa shape index (κ2) is 5.44. The highest BCUT2D eigenvalue weighted by Gasteiger charge is 2.40. The highest BCUT2D eigenvalue weighted by atomic mass is 19.1. The number of hydrogen-bond donors (Lipinski definition) is 2. The van der Waals surface area contributed by atoms with E-state index in [0.717, 1.165) is 23.1 Å². The monoisotopic (exact) mass is 298 g/mol. The summed E-state index contributed by atoms with van der Waals surface area (Å²) in [5.74, 6) is -3.32. The zero-order chi connectivity index (χ0) is 15.7. The number of benzene rings is 1. The molecule has 0 unspecified atom stereocenters. The van der Waals surface area contributed by atoms with Gasteiger partial charge in [-0.3, -0.25) is 14.9 Å². The van der Waals surface area contributed by atoms with Gasteiger partial charge in [0, 0.05) is 25.1 Å². The topological polar surface area (TPSA) is 121 Å². The molecule has 1 amide bonds. The van der Waals surface area contributed by atoms with Crippen molar-refractivity contribution in [1.29, 1.82) is 0 Å². The van der Waals surface area contributed by atoms with Crippen LogP contribution < -0.4 is 0 Å². The summed E-state index contributed by atoms with van der Waals surface area (Å²) in [5.41, 5.74) is -1.07. The van der Waals surface area contributed by atoms with Crippen LogP contribution in [0.4, 0.5) is 10.1 Å². The summed E-state index contributed by atoms with van der Waals surface area (Å²) in [6, 6.07) is 1.14. The number of carbonyl (C=O) groups excluding carboxylic acids is 1. The Kier molecular flexibility index (Phi) is 3.85. The Balaban J connectivity index is 2.37. The van der Waals surface area contributed by atoms with Crippen molar-refractivity contribution in [3.05, 3.63) is 39.7 Å². The number of likely N-dealkylation sites (tertiary alicyclic amines) is 1. The normalized spacial score (nSPS) is 21.3. The van der Waals surface area contributed by atoms with E-state index >= 15 is 0 Å². The SMILES string of the molecule is O=C(O)[C@@H]1C[C@H](O)CN1C(=O)c1cc([N+](=O)[O-])ccc1F. The number of nitrogens with zero attached hydrogens (tertiary/aromatic N) is 2. The molecule has 9 heteroatoms. The number of aliphatic carboxylic acids is 1. The van der Waals surface area contributed by atoms with E-state index in [1.807, 2.05) is 0 Å². The van der Waals surface area contributed by atoms with Crippen molar-refractivity contribution in [3.63, 3.8) is 0 Å². The minimum Gasteiger partial charge on any atom is -0.480 e. The van der Waals surface area contributed by atoms with Crippen molar-refractivity contribution in [2.45, 2.75) is 18.6 Å². The molecule has 112 valence electrons. The third-order valence-electron chi connectivity index (χ3n) is 3.22. The Morgan fingerprint density at radius 3 is 2.67 bits per heavy atom. The number of aliphatic hydroxyl groups is 1. The van der Waals surface area contributed by atoms with Crippen LogP contribution in [0.1, 0.15) is 16.8 Å². The highest BCUT2D eigenvalue weighted by molar-refractivity contribution is 5.97. The summed E-state index contributed by atoms with van der Waals surface area (Å²) in [4.78, 5) is 33.9. The third kappa shape index (κ3) is 2.82. The molecule has 1 aromatic carbocycles. The lowest BCUT2D eigenvalue weighted by Gasteiger charge is -2.21. The van der Waals surface area contributed by atoms with Crippen LogP contribution in [0.15, 0.2) is 18.2 Å².